The van der Waals surface area contributed by atoms with Gasteiger partial charge in [0.25, 0.3) is 5.56 Å². The normalized spacial score (nSPS) is 17.6. The number of nitrogens with zero attached hydrogens (tertiary/aromatic N) is 7. The van der Waals surface area contributed by atoms with Gasteiger partial charge in [-0.3, -0.25) is 4.79 Å². The molecule has 4 heterocycles. The van der Waals surface area contributed by atoms with Crippen molar-refractivity contribution < 1.29 is 0 Å². The molecule has 1 saturated heterocycles. The standard InChI is InChI=1S/C21H25N7O/c1-15-13-19(24-21(23-15)17-3-4-17)26-11-7-16(8-12-26)14-28-20(29)6-5-18(25-28)27-10-2-9-22-27/h2,5-6,9-10,13,16-17H,3-4,7-8,11-12,14H2,1H3. The molecule has 29 heavy (non-hydrogen) atoms. The highest BCUT2D eigenvalue weighted by molar-refractivity contribution is 5.41. The third-order valence-corrected chi connectivity index (χ3v) is 5.76. The van der Waals surface area contributed by atoms with Crippen LogP contribution in [0.15, 0.2) is 41.5 Å². The third-order valence-electron chi connectivity index (χ3n) is 5.76. The summed E-state index contributed by atoms with van der Waals surface area (Å²) in [5.41, 5.74) is 0.981. The van der Waals surface area contributed by atoms with Crippen LogP contribution in [-0.2, 0) is 6.54 Å². The maximum absolute atomic E-state index is 12.3. The molecule has 0 radical (unpaired) electrons. The summed E-state index contributed by atoms with van der Waals surface area (Å²) < 4.78 is 3.25. The highest BCUT2D eigenvalue weighted by atomic mass is 16.1. The Morgan fingerprint density at radius 1 is 1.07 bits per heavy atom. The minimum absolute atomic E-state index is 0.0659. The smallest absolute Gasteiger partial charge is 0.266 e. The van der Waals surface area contributed by atoms with E-state index in [1.165, 1.54) is 12.8 Å². The van der Waals surface area contributed by atoms with Gasteiger partial charge in [-0.05, 0) is 50.7 Å². The second-order valence-electron chi connectivity index (χ2n) is 8.09. The summed E-state index contributed by atoms with van der Waals surface area (Å²) in [4.78, 5) is 24.1. The number of aromatic nitrogens is 6. The molecule has 5 rings (SSSR count). The highest BCUT2D eigenvalue weighted by Gasteiger charge is 2.28. The van der Waals surface area contributed by atoms with E-state index in [-0.39, 0.29) is 5.56 Å². The number of piperidine rings is 1. The van der Waals surface area contributed by atoms with Crippen molar-refractivity contribution in [2.24, 2.45) is 5.92 Å². The van der Waals surface area contributed by atoms with Gasteiger partial charge in [-0.2, -0.15) is 5.10 Å². The molecule has 3 aromatic rings. The van der Waals surface area contributed by atoms with E-state index < -0.39 is 0 Å². The average Bonchev–Trinajstić information content (AvgIpc) is 3.44. The summed E-state index contributed by atoms with van der Waals surface area (Å²) in [5, 5.41) is 8.70. The van der Waals surface area contributed by atoms with E-state index in [0.717, 1.165) is 43.3 Å². The lowest BCUT2D eigenvalue weighted by atomic mass is 9.97. The molecule has 8 heteroatoms. The molecule has 0 atom stereocenters. The Morgan fingerprint density at radius 3 is 2.62 bits per heavy atom. The second-order valence-corrected chi connectivity index (χ2v) is 8.09. The molecule has 0 aromatic carbocycles. The zero-order valence-corrected chi connectivity index (χ0v) is 16.6. The number of aryl methyl sites for hydroxylation is 1. The van der Waals surface area contributed by atoms with E-state index in [1.807, 2.05) is 12.3 Å². The number of hydrogen-bond donors (Lipinski definition) is 0. The van der Waals surface area contributed by atoms with Crippen LogP contribution < -0.4 is 10.5 Å². The lowest BCUT2D eigenvalue weighted by Gasteiger charge is -2.33. The third kappa shape index (κ3) is 3.92. The predicted octanol–water partition coefficient (Wildman–Crippen LogP) is 2.32. The summed E-state index contributed by atoms with van der Waals surface area (Å²) in [6.45, 7) is 4.57. The molecule has 0 unspecified atom stereocenters. The van der Waals surface area contributed by atoms with Crippen molar-refractivity contribution in [3.8, 4) is 5.82 Å². The molecular weight excluding hydrogens is 366 g/mol. The minimum Gasteiger partial charge on any atom is -0.356 e. The molecular formula is C21H25N7O. The Balaban J connectivity index is 1.26. The van der Waals surface area contributed by atoms with Gasteiger partial charge in [-0.15, -0.1) is 5.10 Å². The van der Waals surface area contributed by atoms with Crippen LogP contribution in [0.4, 0.5) is 5.82 Å². The molecule has 1 saturated carbocycles. The van der Waals surface area contributed by atoms with E-state index in [4.69, 9.17) is 4.98 Å². The van der Waals surface area contributed by atoms with Gasteiger partial charge in [0.2, 0.25) is 0 Å². The van der Waals surface area contributed by atoms with Crippen molar-refractivity contribution in [1.82, 2.24) is 29.5 Å². The first-order valence-corrected chi connectivity index (χ1v) is 10.3. The fourth-order valence-corrected chi connectivity index (χ4v) is 3.95. The monoisotopic (exact) mass is 391 g/mol. The van der Waals surface area contributed by atoms with Gasteiger partial charge in [0.1, 0.15) is 11.6 Å². The maximum Gasteiger partial charge on any atom is 0.266 e. The van der Waals surface area contributed by atoms with Crippen LogP contribution >= 0.6 is 0 Å². The first kappa shape index (κ1) is 18.0. The van der Waals surface area contributed by atoms with Crippen molar-refractivity contribution in [2.45, 2.75) is 45.1 Å². The Bertz CT molecular complexity index is 1050. The summed E-state index contributed by atoms with van der Waals surface area (Å²) >= 11 is 0. The van der Waals surface area contributed by atoms with E-state index in [1.54, 1.807) is 27.7 Å². The summed E-state index contributed by atoms with van der Waals surface area (Å²) in [6.07, 6.45) is 7.99. The summed E-state index contributed by atoms with van der Waals surface area (Å²) in [7, 11) is 0. The molecule has 1 aliphatic heterocycles. The van der Waals surface area contributed by atoms with Gasteiger partial charge >= 0.3 is 0 Å². The fourth-order valence-electron chi connectivity index (χ4n) is 3.95. The molecule has 2 fully saturated rings. The Hall–Kier alpha value is -3.03. The Kier molecular flexibility index (Phi) is 4.61. The molecule has 3 aromatic heterocycles. The predicted molar refractivity (Wildman–Crippen MR) is 109 cm³/mol. The van der Waals surface area contributed by atoms with Crippen molar-refractivity contribution >= 4 is 5.82 Å². The maximum atomic E-state index is 12.3. The van der Waals surface area contributed by atoms with Gasteiger partial charge in [-0.25, -0.2) is 19.3 Å². The summed E-state index contributed by atoms with van der Waals surface area (Å²) in [5.74, 6) is 3.71. The van der Waals surface area contributed by atoms with E-state index in [2.05, 4.69) is 33.1 Å². The molecule has 0 bridgehead atoms. The molecule has 0 spiro atoms. The first-order valence-electron chi connectivity index (χ1n) is 10.3. The average molecular weight is 391 g/mol. The second kappa shape index (κ2) is 7.42. The number of hydrogen-bond acceptors (Lipinski definition) is 6. The van der Waals surface area contributed by atoms with Crippen molar-refractivity contribution in [1.29, 1.82) is 0 Å². The van der Waals surface area contributed by atoms with Gasteiger partial charge in [-0.1, -0.05) is 0 Å². The van der Waals surface area contributed by atoms with Crippen LogP contribution in [0, 0.1) is 12.8 Å². The molecule has 1 aliphatic carbocycles. The van der Waals surface area contributed by atoms with Gasteiger partial charge in [0, 0.05) is 55.8 Å². The van der Waals surface area contributed by atoms with Crippen molar-refractivity contribution in [2.75, 3.05) is 18.0 Å². The minimum atomic E-state index is -0.0659. The molecule has 0 N–H and O–H groups in total. The van der Waals surface area contributed by atoms with E-state index in [9.17, 15) is 4.79 Å². The van der Waals surface area contributed by atoms with Crippen LogP contribution in [0.2, 0.25) is 0 Å². The van der Waals surface area contributed by atoms with Crippen LogP contribution in [-0.4, -0.2) is 42.6 Å². The number of rotatable bonds is 5. The van der Waals surface area contributed by atoms with Crippen molar-refractivity contribution in [3.05, 3.63) is 58.5 Å². The molecule has 0 amide bonds. The van der Waals surface area contributed by atoms with E-state index in [0.29, 0.717) is 24.2 Å². The van der Waals surface area contributed by atoms with Crippen LogP contribution in [0.3, 0.4) is 0 Å². The van der Waals surface area contributed by atoms with Crippen LogP contribution in [0.5, 0.6) is 0 Å². The Morgan fingerprint density at radius 2 is 1.90 bits per heavy atom. The quantitative estimate of drug-likeness (QED) is 0.664. The zero-order chi connectivity index (χ0) is 19.8. The summed E-state index contributed by atoms with van der Waals surface area (Å²) in [6, 6.07) is 7.22. The van der Waals surface area contributed by atoms with E-state index >= 15 is 0 Å². The topological polar surface area (TPSA) is 81.7 Å². The largest absolute Gasteiger partial charge is 0.356 e. The van der Waals surface area contributed by atoms with Gasteiger partial charge in [0.05, 0.1) is 0 Å². The highest BCUT2D eigenvalue weighted by Crippen LogP contribution is 2.38. The number of anilines is 1. The molecule has 2 aliphatic rings. The lowest BCUT2D eigenvalue weighted by Crippen LogP contribution is -2.37. The van der Waals surface area contributed by atoms with Gasteiger partial charge in [0.15, 0.2) is 5.82 Å². The molecule has 8 nitrogen and oxygen atoms in total. The first-order chi connectivity index (χ1) is 14.2. The van der Waals surface area contributed by atoms with Gasteiger partial charge < -0.3 is 4.90 Å². The SMILES string of the molecule is Cc1cc(N2CCC(Cn3nc(-n4cccn4)ccc3=O)CC2)nc(C2CC2)n1. The van der Waals surface area contributed by atoms with Crippen molar-refractivity contribution in [3.63, 3.8) is 0 Å². The lowest BCUT2D eigenvalue weighted by molar-refractivity contribution is 0.333. The zero-order valence-electron chi connectivity index (χ0n) is 16.6. The van der Waals surface area contributed by atoms with Crippen LogP contribution in [0.25, 0.3) is 5.82 Å². The fraction of sp³-hybridized carbons (Fsp3) is 0.476. The Labute approximate surface area is 169 Å². The van der Waals surface area contributed by atoms with Crippen LogP contribution in [0.1, 0.15) is 43.1 Å². The molecule has 150 valence electrons.